The Bertz CT molecular complexity index is 368. The molecule has 0 atom stereocenters. The summed E-state index contributed by atoms with van der Waals surface area (Å²) in [5.74, 6) is 0.310. The van der Waals surface area contributed by atoms with Gasteiger partial charge in [0.25, 0.3) is 0 Å². The highest BCUT2D eigenvalue weighted by Gasteiger charge is 2.05. The zero-order chi connectivity index (χ0) is 12.0. The predicted molar refractivity (Wildman–Crippen MR) is 63.4 cm³/mol. The standard InChI is InChI=1S/C11H15NO3S/c1-3-14-11(13)7-15-10-5-4-9(16-12)6-8(10)2/h4-6H,3,7,12H2,1-2H3. The number of carbonyl (C=O) groups excluding carboxylic acids is 1. The zero-order valence-corrected chi connectivity index (χ0v) is 10.2. The molecule has 0 heterocycles. The SMILES string of the molecule is CCOC(=O)COc1ccc(SN)cc1C. The number of nitrogens with two attached hydrogens (primary N) is 1. The molecule has 2 N–H and O–H groups in total. The Balaban J connectivity index is 2.57. The Morgan fingerprint density at radius 3 is 2.81 bits per heavy atom. The van der Waals surface area contributed by atoms with Gasteiger partial charge in [0, 0.05) is 4.90 Å². The van der Waals surface area contributed by atoms with Crippen molar-refractivity contribution >= 4 is 17.9 Å². The van der Waals surface area contributed by atoms with Gasteiger partial charge in [-0.1, -0.05) is 0 Å². The zero-order valence-electron chi connectivity index (χ0n) is 9.36. The van der Waals surface area contributed by atoms with Crippen LogP contribution in [0.15, 0.2) is 23.1 Å². The highest BCUT2D eigenvalue weighted by molar-refractivity contribution is 7.97. The van der Waals surface area contributed by atoms with Crippen LogP contribution in [0.3, 0.4) is 0 Å². The van der Waals surface area contributed by atoms with Gasteiger partial charge in [-0.3, -0.25) is 5.14 Å². The number of carbonyl (C=O) groups is 1. The van der Waals surface area contributed by atoms with Gasteiger partial charge in [-0.05, 0) is 49.6 Å². The maximum atomic E-state index is 11.1. The smallest absolute Gasteiger partial charge is 0.344 e. The molecule has 4 nitrogen and oxygen atoms in total. The first kappa shape index (κ1) is 12.9. The monoisotopic (exact) mass is 241 g/mol. The molecular formula is C11H15NO3S. The molecule has 0 spiro atoms. The molecule has 88 valence electrons. The minimum absolute atomic E-state index is 0.0657. The molecular weight excluding hydrogens is 226 g/mol. The molecule has 0 aliphatic carbocycles. The van der Waals surface area contributed by atoms with Crippen molar-refractivity contribution in [1.82, 2.24) is 0 Å². The molecule has 0 saturated heterocycles. The van der Waals surface area contributed by atoms with E-state index >= 15 is 0 Å². The van der Waals surface area contributed by atoms with Crippen molar-refractivity contribution in [1.29, 1.82) is 0 Å². The summed E-state index contributed by atoms with van der Waals surface area (Å²) < 4.78 is 10.1. The van der Waals surface area contributed by atoms with Gasteiger partial charge in [0.2, 0.25) is 0 Å². The topological polar surface area (TPSA) is 61.5 Å². The van der Waals surface area contributed by atoms with Crippen molar-refractivity contribution < 1.29 is 14.3 Å². The van der Waals surface area contributed by atoms with Crippen LogP contribution in [0.25, 0.3) is 0 Å². The van der Waals surface area contributed by atoms with Crippen LogP contribution in [-0.4, -0.2) is 19.2 Å². The maximum Gasteiger partial charge on any atom is 0.344 e. The second-order valence-electron chi connectivity index (χ2n) is 3.14. The molecule has 0 fully saturated rings. The van der Waals surface area contributed by atoms with E-state index in [0.29, 0.717) is 12.4 Å². The number of benzene rings is 1. The minimum Gasteiger partial charge on any atom is -0.482 e. The van der Waals surface area contributed by atoms with Crippen LogP contribution in [0, 0.1) is 6.92 Å². The second kappa shape index (κ2) is 6.40. The molecule has 0 amide bonds. The molecule has 0 saturated carbocycles. The first-order chi connectivity index (χ1) is 7.67. The molecule has 0 aliphatic rings. The van der Waals surface area contributed by atoms with Crippen molar-refractivity contribution in [3.05, 3.63) is 23.8 Å². The fourth-order valence-corrected chi connectivity index (χ4v) is 1.59. The second-order valence-corrected chi connectivity index (χ2v) is 3.85. The van der Waals surface area contributed by atoms with Gasteiger partial charge in [-0.15, -0.1) is 0 Å². The van der Waals surface area contributed by atoms with Gasteiger partial charge in [0.1, 0.15) is 5.75 Å². The molecule has 5 heteroatoms. The van der Waals surface area contributed by atoms with E-state index in [0.717, 1.165) is 10.5 Å². The summed E-state index contributed by atoms with van der Waals surface area (Å²) in [6.45, 7) is 3.96. The third-order valence-electron chi connectivity index (χ3n) is 1.93. The Morgan fingerprint density at radius 2 is 2.25 bits per heavy atom. The average Bonchev–Trinajstić information content (AvgIpc) is 2.27. The van der Waals surface area contributed by atoms with E-state index in [1.54, 1.807) is 13.0 Å². The summed E-state index contributed by atoms with van der Waals surface area (Å²) in [4.78, 5) is 12.0. The summed E-state index contributed by atoms with van der Waals surface area (Å²) in [6.07, 6.45) is 0. The highest BCUT2D eigenvalue weighted by Crippen LogP contribution is 2.22. The molecule has 0 aromatic heterocycles. The van der Waals surface area contributed by atoms with Gasteiger partial charge < -0.3 is 9.47 Å². The predicted octanol–water partition coefficient (Wildman–Crippen LogP) is 1.90. The summed E-state index contributed by atoms with van der Waals surface area (Å²) in [5, 5.41) is 5.43. The Hall–Kier alpha value is -1.20. The van der Waals surface area contributed by atoms with E-state index in [-0.39, 0.29) is 12.6 Å². The first-order valence-corrected chi connectivity index (χ1v) is 5.81. The van der Waals surface area contributed by atoms with E-state index in [1.807, 2.05) is 19.1 Å². The lowest BCUT2D eigenvalue weighted by Gasteiger charge is -2.09. The van der Waals surface area contributed by atoms with E-state index in [4.69, 9.17) is 14.6 Å². The summed E-state index contributed by atoms with van der Waals surface area (Å²) in [6, 6.07) is 5.55. The van der Waals surface area contributed by atoms with Gasteiger partial charge in [0.15, 0.2) is 6.61 Å². The van der Waals surface area contributed by atoms with Crippen molar-refractivity contribution in [2.45, 2.75) is 18.7 Å². The molecule has 0 unspecified atom stereocenters. The molecule has 0 aliphatic heterocycles. The van der Waals surface area contributed by atoms with Gasteiger partial charge in [0.05, 0.1) is 6.61 Å². The normalized spacial score (nSPS) is 9.94. The van der Waals surface area contributed by atoms with Crippen LogP contribution in [0.5, 0.6) is 5.75 Å². The number of aryl methyl sites for hydroxylation is 1. The van der Waals surface area contributed by atoms with Crippen LogP contribution in [0.4, 0.5) is 0 Å². The molecule has 0 bridgehead atoms. The summed E-state index contributed by atoms with van der Waals surface area (Å²) in [7, 11) is 0. The Kier molecular flexibility index (Phi) is 5.14. The van der Waals surface area contributed by atoms with Crippen LogP contribution in [-0.2, 0) is 9.53 Å². The van der Waals surface area contributed by atoms with Crippen molar-refractivity contribution in [2.24, 2.45) is 5.14 Å². The summed E-state index contributed by atoms with van der Waals surface area (Å²) >= 11 is 1.18. The van der Waals surface area contributed by atoms with Crippen molar-refractivity contribution in [2.75, 3.05) is 13.2 Å². The Labute approximate surface area is 99.2 Å². The van der Waals surface area contributed by atoms with Crippen LogP contribution < -0.4 is 9.88 Å². The van der Waals surface area contributed by atoms with Gasteiger partial charge in [-0.2, -0.15) is 0 Å². The van der Waals surface area contributed by atoms with Crippen LogP contribution in [0.2, 0.25) is 0 Å². The lowest BCUT2D eigenvalue weighted by atomic mass is 10.2. The van der Waals surface area contributed by atoms with E-state index in [1.165, 1.54) is 11.9 Å². The highest BCUT2D eigenvalue weighted by atomic mass is 32.2. The number of esters is 1. The van der Waals surface area contributed by atoms with Gasteiger partial charge in [-0.25, -0.2) is 4.79 Å². The van der Waals surface area contributed by atoms with Crippen LogP contribution in [0.1, 0.15) is 12.5 Å². The maximum absolute atomic E-state index is 11.1. The van der Waals surface area contributed by atoms with E-state index in [9.17, 15) is 4.79 Å². The number of rotatable bonds is 5. The third-order valence-corrected chi connectivity index (χ3v) is 2.46. The molecule has 16 heavy (non-hydrogen) atoms. The minimum atomic E-state index is -0.362. The number of hydrogen-bond donors (Lipinski definition) is 1. The van der Waals surface area contributed by atoms with E-state index in [2.05, 4.69) is 0 Å². The first-order valence-electron chi connectivity index (χ1n) is 4.93. The fourth-order valence-electron chi connectivity index (χ4n) is 1.20. The molecule has 1 aromatic rings. The molecule has 1 aromatic carbocycles. The largest absolute Gasteiger partial charge is 0.482 e. The lowest BCUT2D eigenvalue weighted by molar-refractivity contribution is -0.145. The third kappa shape index (κ3) is 3.75. The average molecular weight is 241 g/mol. The fraction of sp³-hybridized carbons (Fsp3) is 0.364. The molecule has 0 radical (unpaired) electrons. The molecule has 1 rings (SSSR count). The van der Waals surface area contributed by atoms with Crippen LogP contribution >= 0.6 is 11.9 Å². The van der Waals surface area contributed by atoms with E-state index < -0.39 is 0 Å². The lowest BCUT2D eigenvalue weighted by Crippen LogP contribution is -2.14. The van der Waals surface area contributed by atoms with Gasteiger partial charge >= 0.3 is 5.97 Å². The number of hydrogen-bond acceptors (Lipinski definition) is 5. The van der Waals surface area contributed by atoms with Crippen molar-refractivity contribution in [3.63, 3.8) is 0 Å². The summed E-state index contributed by atoms with van der Waals surface area (Å²) in [5.41, 5.74) is 0.944. The number of ether oxygens (including phenoxy) is 2. The quantitative estimate of drug-likeness (QED) is 0.630. The van der Waals surface area contributed by atoms with Crippen molar-refractivity contribution in [3.8, 4) is 5.75 Å². The Morgan fingerprint density at radius 1 is 1.50 bits per heavy atom.